The highest BCUT2D eigenvalue weighted by atomic mass is 35.5. The van der Waals surface area contributed by atoms with Crippen molar-refractivity contribution in [1.29, 1.82) is 0 Å². The molecule has 0 saturated heterocycles. The number of carbonyl (C=O) groups excluding carboxylic acids is 4. The number of aliphatic hydroxyl groups excluding tert-OH is 1. The third-order valence-electron chi connectivity index (χ3n) is 9.20. The van der Waals surface area contributed by atoms with Gasteiger partial charge < -0.3 is 26.0 Å². The standard InChI is InChI=1S/C44H34Cl2N8O6/c1-23(55)41(53-51-37-21-35-31(17-33(37)45)29(19-39(57)49-35)25-9-5-3-6-10-25)43(59)47-27-13-15-28(16-14-27)48-44(60)42(24(2)56)54-52-38-22-36-32(18-34(38)46)30(20-40(58)50-36)26-11-7-4-8-12-26/h3-22,39,49,51-52,57H,1-2H3,(H,47,59)(H,48,60)(H,50,58)/b53-41-,54-42-. The monoisotopic (exact) mass is 840 g/mol. The molecular formula is C44H34Cl2N8O6. The molecule has 60 heavy (non-hydrogen) atoms. The van der Waals surface area contributed by atoms with E-state index in [9.17, 15) is 29.1 Å². The minimum atomic E-state index is -0.977. The molecule has 1 aromatic heterocycles. The number of nitrogens with zero attached hydrogens (tertiary/aromatic N) is 2. The van der Waals surface area contributed by atoms with Crippen LogP contribution in [-0.4, -0.2) is 51.1 Å². The number of anilines is 5. The number of aromatic nitrogens is 1. The number of ketones is 2. The molecule has 0 radical (unpaired) electrons. The summed E-state index contributed by atoms with van der Waals surface area (Å²) < 4.78 is 0. The fourth-order valence-electron chi connectivity index (χ4n) is 6.37. The lowest BCUT2D eigenvalue weighted by Crippen LogP contribution is -2.30. The number of nitrogens with one attached hydrogen (secondary N) is 6. The Hall–Kier alpha value is -7.39. The van der Waals surface area contributed by atoms with Crippen molar-refractivity contribution in [2.45, 2.75) is 20.1 Å². The van der Waals surface area contributed by atoms with Crippen LogP contribution in [0.1, 0.15) is 25.0 Å². The van der Waals surface area contributed by atoms with Crippen LogP contribution in [0.5, 0.6) is 0 Å². The summed E-state index contributed by atoms with van der Waals surface area (Å²) in [6, 6.07) is 32.7. The first-order chi connectivity index (χ1) is 28.8. The van der Waals surface area contributed by atoms with Gasteiger partial charge in [-0.05, 0) is 76.9 Å². The van der Waals surface area contributed by atoms with Gasteiger partial charge in [-0.25, -0.2) is 0 Å². The number of aliphatic hydroxyl groups is 1. The van der Waals surface area contributed by atoms with Gasteiger partial charge in [0.2, 0.25) is 5.56 Å². The summed E-state index contributed by atoms with van der Waals surface area (Å²) in [4.78, 5) is 66.7. The summed E-state index contributed by atoms with van der Waals surface area (Å²) in [7, 11) is 0. The summed E-state index contributed by atoms with van der Waals surface area (Å²) in [5, 5.41) is 27.9. The van der Waals surface area contributed by atoms with Crippen molar-refractivity contribution in [1.82, 2.24) is 4.98 Å². The number of carbonyl (C=O) groups is 4. The van der Waals surface area contributed by atoms with E-state index in [0.717, 1.165) is 22.3 Å². The first kappa shape index (κ1) is 40.8. The van der Waals surface area contributed by atoms with Crippen LogP contribution in [0.15, 0.2) is 136 Å². The summed E-state index contributed by atoms with van der Waals surface area (Å²) in [6.07, 6.45) is 0.695. The van der Waals surface area contributed by atoms with Crippen molar-refractivity contribution in [2.75, 3.05) is 26.8 Å². The molecule has 7 N–H and O–H groups in total. The van der Waals surface area contributed by atoms with Crippen LogP contribution in [0.4, 0.5) is 28.4 Å². The molecule has 300 valence electrons. The molecule has 0 bridgehead atoms. The normalized spacial score (nSPS) is 13.7. The van der Waals surface area contributed by atoms with E-state index < -0.39 is 41.0 Å². The number of hydrazone groups is 2. The minimum Gasteiger partial charge on any atom is -0.370 e. The zero-order valence-corrected chi connectivity index (χ0v) is 33.3. The van der Waals surface area contributed by atoms with Gasteiger partial charge in [0.1, 0.15) is 6.23 Å². The maximum Gasteiger partial charge on any atom is 0.279 e. The Morgan fingerprint density at radius 1 is 0.650 bits per heavy atom. The Balaban J connectivity index is 1.02. The molecule has 5 aromatic carbocycles. The highest BCUT2D eigenvalue weighted by molar-refractivity contribution is 6.68. The number of H-pyrrole nitrogens is 1. The number of amides is 2. The van der Waals surface area contributed by atoms with E-state index in [1.165, 1.54) is 44.2 Å². The van der Waals surface area contributed by atoms with Crippen LogP contribution in [0.25, 0.3) is 27.6 Å². The number of benzene rings is 5. The largest absolute Gasteiger partial charge is 0.370 e. The lowest BCUT2D eigenvalue weighted by Gasteiger charge is -2.24. The van der Waals surface area contributed by atoms with Crippen molar-refractivity contribution < 1.29 is 24.3 Å². The van der Waals surface area contributed by atoms with Gasteiger partial charge in [-0.1, -0.05) is 83.9 Å². The van der Waals surface area contributed by atoms with Gasteiger partial charge in [0.05, 0.1) is 26.9 Å². The lowest BCUT2D eigenvalue weighted by atomic mass is 9.93. The Labute approximate surface area is 352 Å². The second kappa shape index (κ2) is 17.6. The second-order valence-corrected chi connectivity index (χ2v) is 14.3. The lowest BCUT2D eigenvalue weighted by molar-refractivity contribution is -0.116. The summed E-state index contributed by atoms with van der Waals surface area (Å²) >= 11 is 13.2. The molecule has 16 heteroatoms. The van der Waals surface area contributed by atoms with Gasteiger partial charge in [-0.15, -0.1) is 0 Å². The van der Waals surface area contributed by atoms with Crippen molar-refractivity contribution in [3.8, 4) is 11.1 Å². The molecule has 0 saturated carbocycles. The smallest absolute Gasteiger partial charge is 0.279 e. The fourth-order valence-corrected chi connectivity index (χ4v) is 6.78. The van der Waals surface area contributed by atoms with Gasteiger partial charge in [0.25, 0.3) is 11.8 Å². The molecule has 0 aliphatic carbocycles. The van der Waals surface area contributed by atoms with Gasteiger partial charge in [0.15, 0.2) is 23.0 Å². The van der Waals surface area contributed by atoms with Crippen LogP contribution >= 0.6 is 23.2 Å². The average Bonchev–Trinajstić information content (AvgIpc) is 3.22. The molecule has 14 nitrogen and oxygen atoms in total. The Bertz CT molecular complexity index is 2840. The highest BCUT2D eigenvalue weighted by Gasteiger charge is 2.23. The quantitative estimate of drug-likeness (QED) is 0.0366. The molecule has 0 fully saturated rings. The van der Waals surface area contributed by atoms with Crippen molar-refractivity contribution in [2.24, 2.45) is 10.2 Å². The van der Waals surface area contributed by atoms with Crippen LogP contribution in [0.2, 0.25) is 10.0 Å². The predicted molar refractivity (Wildman–Crippen MR) is 237 cm³/mol. The van der Waals surface area contributed by atoms with Gasteiger partial charge in [-0.2, -0.15) is 10.2 Å². The minimum absolute atomic E-state index is 0.223. The second-order valence-electron chi connectivity index (χ2n) is 13.4. The molecule has 1 unspecified atom stereocenters. The predicted octanol–water partition coefficient (Wildman–Crippen LogP) is 7.67. The van der Waals surface area contributed by atoms with Crippen molar-refractivity contribution in [3.63, 3.8) is 0 Å². The first-order valence-corrected chi connectivity index (χ1v) is 19.0. The fraction of sp³-hybridized carbons (Fsp3) is 0.0682. The van der Waals surface area contributed by atoms with Crippen molar-refractivity contribution in [3.05, 3.63) is 153 Å². The number of hydrogen-bond acceptors (Lipinski definition) is 11. The third-order valence-corrected chi connectivity index (χ3v) is 9.83. The average molecular weight is 842 g/mol. The van der Waals surface area contributed by atoms with Crippen LogP contribution < -0.4 is 32.4 Å². The molecule has 1 aliphatic rings. The Kier molecular flexibility index (Phi) is 12.0. The summed E-state index contributed by atoms with van der Waals surface area (Å²) in [5.74, 6) is -2.95. The molecule has 0 spiro atoms. The van der Waals surface area contributed by atoms with E-state index in [4.69, 9.17) is 23.2 Å². The molecular weight excluding hydrogens is 807 g/mol. The van der Waals surface area contributed by atoms with Crippen LogP contribution in [0, 0.1) is 0 Å². The molecule has 6 aromatic rings. The zero-order chi connectivity index (χ0) is 42.5. The zero-order valence-electron chi connectivity index (χ0n) is 31.8. The van der Waals surface area contributed by atoms with Crippen molar-refractivity contribution >= 4 is 103 Å². The van der Waals surface area contributed by atoms with Crippen LogP contribution in [0.3, 0.4) is 0 Å². The maximum atomic E-state index is 13.2. The van der Waals surface area contributed by atoms with E-state index in [1.54, 1.807) is 30.3 Å². The maximum absolute atomic E-state index is 13.2. The van der Waals surface area contributed by atoms with Gasteiger partial charge in [-0.3, -0.25) is 34.8 Å². The summed E-state index contributed by atoms with van der Waals surface area (Å²) in [6.45, 7) is 2.36. The van der Waals surface area contributed by atoms with E-state index in [0.29, 0.717) is 22.2 Å². The number of Topliss-reactive ketones (excluding diaryl/α,β-unsaturated/α-hetero) is 2. The topological polar surface area (TPSA) is 206 Å². The molecule has 2 heterocycles. The van der Waals surface area contributed by atoms with Crippen LogP contribution in [-0.2, 0) is 19.2 Å². The van der Waals surface area contributed by atoms with E-state index in [-0.39, 0.29) is 38.4 Å². The number of hydrogen-bond donors (Lipinski definition) is 7. The summed E-state index contributed by atoms with van der Waals surface area (Å²) in [5.41, 5.74) is 10.0. The third kappa shape index (κ3) is 9.16. The number of rotatable bonds is 12. The molecule has 1 aliphatic heterocycles. The number of pyridine rings is 1. The SMILES string of the molecule is CC(=O)/C(=N/Nc1cc2c(cc1Cl)C(c1ccccc1)=CC(O)N2)C(=O)Nc1ccc(NC(=O)/C(=N\Nc2cc3[nH]c(=O)cc(-c4ccccc4)c3cc2Cl)C(C)=O)cc1. The van der Waals surface area contributed by atoms with Gasteiger partial charge >= 0.3 is 0 Å². The Morgan fingerprint density at radius 3 is 1.72 bits per heavy atom. The molecule has 7 rings (SSSR count). The molecule has 1 atom stereocenters. The Morgan fingerprint density at radius 2 is 1.17 bits per heavy atom. The highest BCUT2D eigenvalue weighted by Crippen LogP contribution is 2.39. The number of halogens is 2. The van der Waals surface area contributed by atoms with E-state index >= 15 is 0 Å². The number of aromatic amines is 1. The van der Waals surface area contributed by atoms with E-state index in [2.05, 4.69) is 42.0 Å². The number of fused-ring (bicyclic) bond motifs is 2. The molecule has 2 amide bonds. The van der Waals surface area contributed by atoms with E-state index in [1.807, 2.05) is 60.7 Å². The van der Waals surface area contributed by atoms with Gasteiger partial charge in [0, 0.05) is 47.9 Å². The first-order valence-electron chi connectivity index (χ1n) is 18.2.